The monoisotopic (exact) mass is 369 g/mol. The van der Waals surface area contributed by atoms with Crippen molar-refractivity contribution >= 4 is 29.0 Å². The zero-order chi connectivity index (χ0) is 18.5. The van der Waals surface area contributed by atoms with E-state index in [0.29, 0.717) is 15.5 Å². The van der Waals surface area contributed by atoms with Crippen LogP contribution in [0.2, 0.25) is 0 Å². The molecule has 0 radical (unpaired) electrons. The zero-order valence-electron chi connectivity index (χ0n) is 13.3. The molecular formula is C18H12FN3O3S. The Morgan fingerprint density at radius 3 is 2.50 bits per heavy atom. The van der Waals surface area contributed by atoms with Gasteiger partial charge in [-0.15, -0.1) is 0 Å². The van der Waals surface area contributed by atoms with Crippen LogP contribution in [0.3, 0.4) is 0 Å². The van der Waals surface area contributed by atoms with Gasteiger partial charge in [-0.1, -0.05) is 23.9 Å². The number of carbonyl (C=O) groups excluding carboxylic acids is 1. The van der Waals surface area contributed by atoms with E-state index < -0.39 is 16.6 Å². The number of amides is 1. The molecule has 0 saturated heterocycles. The van der Waals surface area contributed by atoms with Crippen molar-refractivity contribution in [2.75, 3.05) is 5.32 Å². The van der Waals surface area contributed by atoms with Crippen LogP contribution in [-0.4, -0.2) is 15.8 Å². The Bertz CT molecular complexity index is 967. The first-order valence-corrected chi connectivity index (χ1v) is 8.28. The lowest BCUT2D eigenvalue weighted by Crippen LogP contribution is -2.13. The topological polar surface area (TPSA) is 85.1 Å². The number of aromatic nitrogens is 1. The molecule has 0 aliphatic heterocycles. The van der Waals surface area contributed by atoms with Gasteiger partial charge in [0.2, 0.25) is 0 Å². The molecule has 0 spiro atoms. The molecule has 1 heterocycles. The summed E-state index contributed by atoms with van der Waals surface area (Å²) in [6.45, 7) is 0. The normalized spacial score (nSPS) is 10.3. The van der Waals surface area contributed by atoms with Crippen LogP contribution < -0.4 is 5.32 Å². The molecule has 1 amide bonds. The molecule has 0 bridgehead atoms. The summed E-state index contributed by atoms with van der Waals surface area (Å²) in [6.07, 6.45) is 3.02. The molecule has 0 atom stereocenters. The molecule has 0 aliphatic rings. The van der Waals surface area contributed by atoms with E-state index in [-0.39, 0.29) is 11.3 Å². The summed E-state index contributed by atoms with van der Waals surface area (Å²) in [5.74, 6) is -0.963. The number of halogens is 1. The molecule has 1 aromatic heterocycles. The van der Waals surface area contributed by atoms with E-state index in [9.17, 15) is 19.3 Å². The Hall–Kier alpha value is -3.26. The molecule has 3 aromatic rings. The van der Waals surface area contributed by atoms with Crippen molar-refractivity contribution < 1.29 is 14.1 Å². The maximum atomic E-state index is 13.9. The maximum Gasteiger partial charge on any atom is 0.270 e. The standard InChI is InChI=1S/C18H12FN3O3S/c19-15-3-1-2-4-17(15)26-16-6-5-13(22(24)25)11-14(16)18(23)21-12-7-9-20-10-8-12/h1-11H,(H,20,21,23). The van der Waals surface area contributed by atoms with Gasteiger partial charge in [-0.05, 0) is 30.3 Å². The van der Waals surface area contributed by atoms with Crippen molar-refractivity contribution in [1.29, 1.82) is 0 Å². The van der Waals surface area contributed by atoms with Crippen molar-refractivity contribution in [3.8, 4) is 0 Å². The summed E-state index contributed by atoms with van der Waals surface area (Å²) >= 11 is 1.03. The number of nitro benzene ring substituents is 1. The molecule has 130 valence electrons. The summed E-state index contributed by atoms with van der Waals surface area (Å²) < 4.78 is 13.9. The van der Waals surface area contributed by atoms with Crippen LogP contribution in [0.1, 0.15) is 10.4 Å². The number of carbonyl (C=O) groups is 1. The van der Waals surface area contributed by atoms with Gasteiger partial charge in [0, 0.05) is 40.0 Å². The first-order chi connectivity index (χ1) is 12.5. The van der Waals surface area contributed by atoms with E-state index in [1.165, 1.54) is 36.7 Å². The number of nitro groups is 1. The number of anilines is 1. The number of hydrogen-bond donors (Lipinski definition) is 1. The second-order valence-electron chi connectivity index (χ2n) is 5.16. The predicted molar refractivity (Wildman–Crippen MR) is 95.8 cm³/mol. The molecule has 0 saturated carbocycles. The molecule has 0 aliphatic carbocycles. The summed E-state index contributed by atoms with van der Waals surface area (Å²) in [4.78, 5) is 27.7. The number of rotatable bonds is 5. The third kappa shape index (κ3) is 4.04. The quantitative estimate of drug-likeness (QED) is 0.527. The fourth-order valence-corrected chi connectivity index (χ4v) is 3.12. The third-order valence-electron chi connectivity index (χ3n) is 3.41. The highest BCUT2D eigenvalue weighted by molar-refractivity contribution is 7.99. The van der Waals surface area contributed by atoms with Gasteiger partial charge in [0.15, 0.2) is 0 Å². The molecular weight excluding hydrogens is 357 g/mol. The predicted octanol–water partition coefficient (Wildman–Crippen LogP) is 4.53. The highest BCUT2D eigenvalue weighted by Crippen LogP contribution is 2.34. The molecule has 2 aromatic carbocycles. The van der Waals surface area contributed by atoms with Crippen molar-refractivity contribution in [3.63, 3.8) is 0 Å². The van der Waals surface area contributed by atoms with Crippen molar-refractivity contribution in [2.45, 2.75) is 9.79 Å². The summed E-state index contributed by atoms with van der Waals surface area (Å²) in [6, 6.07) is 13.2. The average Bonchev–Trinajstić information content (AvgIpc) is 2.64. The Labute approximate surface area is 152 Å². The van der Waals surface area contributed by atoms with Gasteiger partial charge in [-0.25, -0.2) is 4.39 Å². The Morgan fingerprint density at radius 1 is 1.08 bits per heavy atom. The minimum absolute atomic E-state index is 0.0873. The van der Waals surface area contributed by atoms with Gasteiger partial charge in [-0.3, -0.25) is 19.9 Å². The molecule has 1 N–H and O–H groups in total. The van der Waals surface area contributed by atoms with Gasteiger partial charge in [-0.2, -0.15) is 0 Å². The Balaban J connectivity index is 1.97. The zero-order valence-corrected chi connectivity index (χ0v) is 14.1. The average molecular weight is 369 g/mol. The van der Waals surface area contributed by atoms with E-state index in [1.54, 1.807) is 30.3 Å². The minimum Gasteiger partial charge on any atom is -0.322 e. The second-order valence-corrected chi connectivity index (χ2v) is 6.24. The number of benzene rings is 2. The largest absolute Gasteiger partial charge is 0.322 e. The number of hydrogen-bond acceptors (Lipinski definition) is 5. The van der Waals surface area contributed by atoms with Gasteiger partial charge >= 0.3 is 0 Å². The van der Waals surface area contributed by atoms with Gasteiger partial charge in [0.05, 0.1) is 10.5 Å². The van der Waals surface area contributed by atoms with Crippen LogP contribution in [0.25, 0.3) is 0 Å². The number of nitrogens with one attached hydrogen (secondary N) is 1. The molecule has 3 rings (SSSR count). The Morgan fingerprint density at radius 2 is 1.81 bits per heavy atom. The van der Waals surface area contributed by atoms with E-state index in [2.05, 4.69) is 10.3 Å². The van der Waals surface area contributed by atoms with Crippen LogP contribution in [0.5, 0.6) is 0 Å². The highest BCUT2D eigenvalue weighted by atomic mass is 32.2. The van der Waals surface area contributed by atoms with E-state index in [0.717, 1.165) is 11.8 Å². The number of pyridine rings is 1. The van der Waals surface area contributed by atoms with Crippen molar-refractivity contribution in [1.82, 2.24) is 4.98 Å². The van der Waals surface area contributed by atoms with Gasteiger partial charge in [0.25, 0.3) is 11.6 Å². The van der Waals surface area contributed by atoms with E-state index in [4.69, 9.17) is 0 Å². The SMILES string of the molecule is O=C(Nc1ccncc1)c1cc([N+](=O)[O-])ccc1Sc1ccccc1F. The molecule has 8 heteroatoms. The van der Waals surface area contributed by atoms with Gasteiger partial charge < -0.3 is 5.32 Å². The number of nitrogens with zero attached hydrogens (tertiary/aromatic N) is 2. The van der Waals surface area contributed by atoms with Crippen LogP contribution >= 0.6 is 11.8 Å². The molecule has 26 heavy (non-hydrogen) atoms. The maximum absolute atomic E-state index is 13.9. The van der Waals surface area contributed by atoms with Gasteiger partial charge in [0.1, 0.15) is 5.82 Å². The summed E-state index contributed by atoms with van der Waals surface area (Å²) in [7, 11) is 0. The van der Waals surface area contributed by atoms with Crippen LogP contribution in [0.4, 0.5) is 15.8 Å². The van der Waals surface area contributed by atoms with Crippen molar-refractivity contribution in [2.24, 2.45) is 0 Å². The second kappa shape index (κ2) is 7.75. The minimum atomic E-state index is -0.583. The highest BCUT2D eigenvalue weighted by Gasteiger charge is 2.18. The number of non-ortho nitro benzene ring substituents is 1. The van der Waals surface area contributed by atoms with Crippen LogP contribution in [0, 0.1) is 15.9 Å². The van der Waals surface area contributed by atoms with Crippen molar-refractivity contribution in [3.05, 3.63) is 88.5 Å². The van der Waals surface area contributed by atoms with E-state index >= 15 is 0 Å². The fraction of sp³-hybridized carbons (Fsp3) is 0. The smallest absolute Gasteiger partial charge is 0.270 e. The first-order valence-electron chi connectivity index (χ1n) is 7.47. The van der Waals surface area contributed by atoms with Crippen LogP contribution in [-0.2, 0) is 0 Å². The fourth-order valence-electron chi connectivity index (χ4n) is 2.18. The molecule has 6 nitrogen and oxygen atoms in total. The summed E-state index contributed by atoms with van der Waals surface area (Å²) in [5, 5.41) is 13.7. The Kier molecular flexibility index (Phi) is 5.23. The van der Waals surface area contributed by atoms with Crippen LogP contribution in [0.15, 0.2) is 76.8 Å². The lowest BCUT2D eigenvalue weighted by atomic mass is 10.2. The third-order valence-corrected chi connectivity index (χ3v) is 4.54. The first kappa shape index (κ1) is 17.6. The van der Waals surface area contributed by atoms with E-state index in [1.807, 2.05) is 0 Å². The lowest BCUT2D eigenvalue weighted by molar-refractivity contribution is -0.384. The molecule has 0 fully saturated rings. The molecule has 0 unspecified atom stereocenters. The lowest BCUT2D eigenvalue weighted by Gasteiger charge is -2.10. The summed E-state index contributed by atoms with van der Waals surface area (Å²) in [5.41, 5.74) is 0.366.